The molecule has 4 amide bonds. The van der Waals surface area contributed by atoms with Gasteiger partial charge in [-0.1, -0.05) is 17.7 Å². The Balaban J connectivity index is 1.39. The summed E-state index contributed by atoms with van der Waals surface area (Å²) in [5, 5.41) is 3.05. The monoisotopic (exact) mass is 447 g/mol. The van der Waals surface area contributed by atoms with Crippen LogP contribution in [0.5, 0.6) is 0 Å². The van der Waals surface area contributed by atoms with Gasteiger partial charge in [-0.3, -0.25) is 24.1 Å². The molecule has 4 rings (SSSR count). The summed E-state index contributed by atoms with van der Waals surface area (Å²) in [6.45, 7) is 8.42. The van der Waals surface area contributed by atoms with E-state index in [1.807, 2.05) is 52.0 Å². The summed E-state index contributed by atoms with van der Waals surface area (Å²) < 4.78 is 0. The Bertz CT molecular complexity index is 1120. The van der Waals surface area contributed by atoms with Crippen LogP contribution in [0, 0.1) is 6.92 Å². The van der Waals surface area contributed by atoms with Crippen molar-refractivity contribution >= 4 is 23.6 Å². The number of carbonyl (C=O) groups is 4. The molecular weight excluding hydrogens is 418 g/mol. The summed E-state index contributed by atoms with van der Waals surface area (Å²) in [6.07, 6.45) is 1.31. The van der Waals surface area contributed by atoms with E-state index in [-0.39, 0.29) is 35.2 Å². The predicted octanol–water partition coefficient (Wildman–Crippen LogP) is 3.42. The molecule has 0 saturated carbocycles. The van der Waals surface area contributed by atoms with Gasteiger partial charge in [-0.25, -0.2) is 0 Å². The lowest BCUT2D eigenvalue weighted by Crippen LogP contribution is -2.46. The van der Waals surface area contributed by atoms with E-state index >= 15 is 0 Å². The van der Waals surface area contributed by atoms with Gasteiger partial charge in [-0.15, -0.1) is 0 Å². The van der Waals surface area contributed by atoms with Crippen molar-refractivity contribution in [1.29, 1.82) is 0 Å². The Hall–Kier alpha value is -3.48. The van der Waals surface area contributed by atoms with Gasteiger partial charge in [-0.05, 0) is 70.9 Å². The minimum atomic E-state index is -0.637. The molecule has 2 heterocycles. The zero-order valence-corrected chi connectivity index (χ0v) is 19.5. The molecule has 2 aliphatic rings. The molecule has 0 aliphatic carbocycles. The van der Waals surface area contributed by atoms with Gasteiger partial charge < -0.3 is 10.2 Å². The topological polar surface area (TPSA) is 86.8 Å². The third-order valence-corrected chi connectivity index (χ3v) is 6.24. The van der Waals surface area contributed by atoms with Crippen molar-refractivity contribution in [1.82, 2.24) is 15.1 Å². The van der Waals surface area contributed by atoms with Crippen molar-refractivity contribution in [2.45, 2.75) is 52.1 Å². The fourth-order valence-corrected chi connectivity index (χ4v) is 4.37. The van der Waals surface area contributed by atoms with Gasteiger partial charge in [0.1, 0.15) is 0 Å². The van der Waals surface area contributed by atoms with E-state index < -0.39 is 5.54 Å². The van der Waals surface area contributed by atoms with Crippen LogP contribution in [0.15, 0.2) is 42.5 Å². The molecule has 0 aromatic heterocycles. The number of hydrogen-bond acceptors (Lipinski definition) is 4. The number of benzene rings is 2. The molecule has 1 saturated heterocycles. The van der Waals surface area contributed by atoms with Gasteiger partial charge in [0.05, 0.1) is 11.1 Å². The maximum absolute atomic E-state index is 13.1. The number of likely N-dealkylation sites (tertiary alicyclic amines) is 1. The molecule has 2 aromatic rings. The van der Waals surface area contributed by atoms with E-state index in [0.29, 0.717) is 42.6 Å². The van der Waals surface area contributed by atoms with Gasteiger partial charge >= 0.3 is 0 Å². The number of aryl methyl sites for hydroxylation is 1. The highest BCUT2D eigenvalue weighted by Gasteiger charge is 2.42. The number of carbonyl (C=O) groups excluding carboxylic acids is 4. The number of imide groups is 1. The highest BCUT2D eigenvalue weighted by Crippen LogP contribution is 2.30. The molecule has 33 heavy (non-hydrogen) atoms. The van der Waals surface area contributed by atoms with Crippen molar-refractivity contribution < 1.29 is 19.2 Å². The summed E-state index contributed by atoms with van der Waals surface area (Å²) in [7, 11) is 0. The highest BCUT2D eigenvalue weighted by atomic mass is 16.2. The minimum absolute atomic E-state index is 0.00224. The van der Waals surface area contributed by atoms with Crippen molar-refractivity contribution in [3.63, 3.8) is 0 Å². The molecule has 2 aromatic carbocycles. The lowest BCUT2D eigenvalue weighted by atomic mass is 10.0. The molecule has 1 fully saturated rings. The van der Waals surface area contributed by atoms with Crippen LogP contribution < -0.4 is 5.32 Å². The van der Waals surface area contributed by atoms with Crippen molar-refractivity contribution in [2.24, 2.45) is 0 Å². The van der Waals surface area contributed by atoms with E-state index in [0.717, 1.165) is 5.56 Å². The summed E-state index contributed by atoms with van der Waals surface area (Å²) in [5.74, 6) is -0.971. The zero-order chi connectivity index (χ0) is 23.9. The average Bonchev–Trinajstić information content (AvgIpc) is 3.04. The lowest BCUT2D eigenvalue weighted by molar-refractivity contribution is 0.0507. The molecule has 0 atom stereocenters. The van der Waals surface area contributed by atoms with Crippen LogP contribution in [0.1, 0.15) is 80.6 Å². The molecule has 0 bridgehead atoms. The van der Waals surface area contributed by atoms with Crippen LogP contribution >= 0.6 is 0 Å². The van der Waals surface area contributed by atoms with Crippen molar-refractivity contribution in [3.05, 3.63) is 70.3 Å². The van der Waals surface area contributed by atoms with Crippen LogP contribution in [0.4, 0.5) is 0 Å². The predicted molar refractivity (Wildman–Crippen MR) is 124 cm³/mol. The first-order chi connectivity index (χ1) is 15.6. The lowest BCUT2D eigenvalue weighted by Gasteiger charge is -2.32. The normalized spacial score (nSPS) is 16.7. The first-order valence-corrected chi connectivity index (χ1v) is 11.3. The van der Waals surface area contributed by atoms with Crippen LogP contribution in [0.25, 0.3) is 0 Å². The summed E-state index contributed by atoms with van der Waals surface area (Å²) in [6, 6.07) is 12.2. The molecule has 7 heteroatoms. The maximum Gasteiger partial charge on any atom is 0.262 e. The Kier molecular flexibility index (Phi) is 5.82. The SMILES string of the molecule is Cc1ccc(C(=O)NC2CCN(C(=O)c3ccc4c(c3)C(=O)N(C(C)(C)C)C4=O)CC2)cc1. The minimum Gasteiger partial charge on any atom is -0.349 e. The largest absolute Gasteiger partial charge is 0.349 e. The molecular formula is C26H29N3O4. The Labute approximate surface area is 193 Å². The molecule has 0 spiro atoms. The van der Waals surface area contributed by atoms with E-state index in [4.69, 9.17) is 0 Å². The number of rotatable bonds is 3. The molecule has 7 nitrogen and oxygen atoms in total. The van der Waals surface area contributed by atoms with Crippen molar-refractivity contribution in [3.8, 4) is 0 Å². The van der Waals surface area contributed by atoms with Crippen LogP contribution in [-0.2, 0) is 0 Å². The highest BCUT2D eigenvalue weighted by molar-refractivity contribution is 6.22. The van der Waals surface area contributed by atoms with E-state index in [1.54, 1.807) is 17.0 Å². The van der Waals surface area contributed by atoms with Gasteiger partial charge in [0.2, 0.25) is 0 Å². The molecule has 1 N–H and O–H groups in total. The van der Waals surface area contributed by atoms with Gasteiger partial charge in [0, 0.05) is 35.8 Å². The molecule has 0 unspecified atom stereocenters. The Morgan fingerprint density at radius 2 is 1.45 bits per heavy atom. The number of nitrogens with zero attached hydrogens (tertiary/aromatic N) is 2. The molecule has 172 valence electrons. The van der Waals surface area contributed by atoms with E-state index in [9.17, 15) is 19.2 Å². The first-order valence-electron chi connectivity index (χ1n) is 11.3. The Morgan fingerprint density at radius 3 is 2.06 bits per heavy atom. The summed E-state index contributed by atoms with van der Waals surface area (Å²) >= 11 is 0. The molecule has 2 aliphatic heterocycles. The van der Waals surface area contributed by atoms with Gasteiger partial charge in [0.15, 0.2) is 0 Å². The fourth-order valence-electron chi connectivity index (χ4n) is 4.37. The van der Waals surface area contributed by atoms with E-state index in [1.165, 1.54) is 11.0 Å². The number of piperidine rings is 1. The second-order valence-electron chi connectivity index (χ2n) is 9.78. The standard InChI is InChI=1S/C26H29N3O4/c1-16-5-7-17(8-6-16)22(30)27-19-11-13-28(14-12-19)23(31)18-9-10-20-21(15-18)25(33)29(24(20)32)26(2,3)4/h5-10,15,19H,11-14H2,1-4H3,(H,27,30). The Morgan fingerprint density at radius 1 is 0.879 bits per heavy atom. The second kappa shape index (κ2) is 8.46. The zero-order valence-electron chi connectivity index (χ0n) is 19.5. The summed E-state index contributed by atoms with van der Waals surface area (Å²) in [5.41, 5.74) is 2.10. The number of fused-ring (bicyclic) bond motifs is 1. The quantitative estimate of drug-likeness (QED) is 0.731. The second-order valence-corrected chi connectivity index (χ2v) is 9.78. The van der Waals surface area contributed by atoms with Gasteiger partial charge in [-0.2, -0.15) is 0 Å². The van der Waals surface area contributed by atoms with Crippen LogP contribution in [0.3, 0.4) is 0 Å². The van der Waals surface area contributed by atoms with Crippen LogP contribution in [-0.4, -0.2) is 58.1 Å². The van der Waals surface area contributed by atoms with E-state index in [2.05, 4.69) is 5.32 Å². The number of nitrogens with one attached hydrogen (secondary N) is 1. The average molecular weight is 448 g/mol. The van der Waals surface area contributed by atoms with Crippen molar-refractivity contribution in [2.75, 3.05) is 13.1 Å². The first kappa shape index (κ1) is 22.7. The molecule has 0 radical (unpaired) electrons. The number of hydrogen-bond donors (Lipinski definition) is 1. The maximum atomic E-state index is 13.1. The number of amides is 4. The third kappa shape index (κ3) is 4.40. The summed E-state index contributed by atoms with van der Waals surface area (Å²) in [4.78, 5) is 54.0. The smallest absolute Gasteiger partial charge is 0.262 e. The fraction of sp³-hybridized carbons (Fsp3) is 0.385. The van der Waals surface area contributed by atoms with Gasteiger partial charge in [0.25, 0.3) is 23.6 Å². The van der Waals surface area contributed by atoms with Crippen LogP contribution in [0.2, 0.25) is 0 Å². The third-order valence-electron chi connectivity index (χ3n) is 6.24.